The first kappa shape index (κ1) is 23.6. The molecule has 1 rings (SSSR count). The summed E-state index contributed by atoms with van der Waals surface area (Å²) in [6, 6.07) is 10.5. The number of hydrogen-bond acceptors (Lipinski definition) is 4. The molecule has 1 aromatic carbocycles. The lowest BCUT2D eigenvalue weighted by Gasteiger charge is -2.44. The van der Waals surface area contributed by atoms with E-state index in [0.29, 0.717) is 5.92 Å². The van der Waals surface area contributed by atoms with E-state index in [4.69, 9.17) is 9.57 Å². The van der Waals surface area contributed by atoms with Crippen molar-refractivity contribution in [2.45, 2.75) is 98.4 Å². The minimum Gasteiger partial charge on any atom is -0.460 e. The minimum absolute atomic E-state index is 0.0962. The van der Waals surface area contributed by atoms with Gasteiger partial charge in [0, 0.05) is 5.54 Å². The monoisotopic (exact) mass is 377 g/mol. The highest BCUT2D eigenvalue weighted by Gasteiger charge is 2.35. The molecule has 0 aliphatic heterocycles. The van der Waals surface area contributed by atoms with Gasteiger partial charge in [0.05, 0.1) is 18.6 Å². The molecule has 154 valence electrons. The number of hydroxylamine groups is 2. The van der Waals surface area contributed by atoms with Crippen LogP contribution in [-0.4, -0.2) is 28.3 Å². The van der Waals surface area contributed by atoms with E-state index in [9.17, 15) is 4.79 Å². The number of ether oxygens (including phenoxy) is 1. The van der Waals surface area contributed by atoms with Crippen LogP contribution in [0.1, 0.15) is 86.8 Å². The highest BCUT2D eigenvalue weighted by atomic mass is 16.7. The number of carbonyl (C=O) groups excluding carboxylic acids is 1. The zero-order chi connectivity index (χ0) is 20.8. The predicted molar refractivity (Wildman–Crippen MR) is 111 cm³/mol. The SMILES string of the molecule is CCC(CC(=O)OC(C)(C)C)ON(C(c1ccccc1)C(C)C)C(C)(C)C. The zero-order valence-electron chi connectivity index (χ0n) is 18.7. The smallest absolute Gasteiger partial charge is 0.309 e. The average molecular weight is 378 g/mol. The fourth-order valence-corrected chi connectivity index (χ4v) is 3.07. The van der Waals surface area contributed by atoms with E-state index in [0.717, 1.165) is 6.42 Å². The number of carbonyl (C=O) groups is 1. The Bertz CT molecular complexity index is 570. The Balaban J connectivity index is 3.06. The Morgan fingerprint density at radius 3 is 2.00 bits per heavy atom. The molecular formula is C23H39NO3. The average Bonchev–Trinajstić information content (AvgIpc) is 2.51. The molecule has 2 unspecified atom stereocenters. The van der Waals surface area contributed by atoms with Crippen molar-refractivity contribution in [2.24, 2.45) is 5.92 Å². The van der Waals surface area contributed by atoms with Crippen LogP contribution in [0.15, 0.2) is 30.3 Å². The summed E-state index contributed by atoms with van der Waals surface area (Å²) >= 11 is 0. The summed E-state index contributed by atoms with van der Waals surface area (Å²) in [7, 11) is 0. The Morgan fingerprint density at radius 1 is 1.04 bits per heavy atom. The van der Waals surface area contributed by atoms with Crippen molar-refractivity contribution in [1.29, 1.82) is 0 Å². The molecule has 0 aliphatic rings. The van der Waals surface area contributed by atoms with E-state index < -0.39 is 5.60 Å². The van der Waals surface area contributed by atoms with Crippen LogP contribution in [0, 0.1) is 5.92 Å². The van der Waals surface area contributed by atoms with Gasteiger partial charge in [-0.25, -0.2) is 0 Å². The van der Waals surface area contributed by atoms with Gasteiger partial charge in [-0.1, -0.05) is 51.1 Å². The van der Waals surface area contributed by atoms with Gasteiger partial charge in [0.25, 0.3) is 0 Å². The maximum absolute atomic E-state index is 12.3. The lowest BCUT2D eigenvalue weighted by molar-refractivity contribution is -0.275. The standard InChI is InChI=1S/C23H39NO3/c1-10-19(16-20(25)26-23(7,8)9)27-24(22(4,5)6)21(17(2)3)18-14-12-11-13-15-18/h11-15,17,19,21H,10,16H2,1-9H3. The molecule has 0 heterocycles. The second-order valence-corrected chi connectivity index (χ2v) is 9.52. The predicted octanol–water partition coefficient (Wildman–Crippen LogP) is 5.93. The molecule has 0 amide bonds. The molecule has 27 heavy (non-hydrogen) atoms. The maximum Gasteiger partial charge on any atom is 0.309 e. The third kappa shape index (κ3) is 8.02. The summed E-state index contributed by atoms with van der Waals surface area (Å²) in [4.78, 5) is 18.8. The Labute approximate surface area is 166 Å². The van der Waals surface area contributed by atoms with E-state index in [-0.39, 0.29) is 30.1 Å². The maximum atomic E-state index is 12.3. The molecule has 1 aromatic rings. The fraction of sp³-hybridized carbons (Fsp3) is 0.696. The van der Waals surface area contributed by atoms with Crippen molar-refractivity contribution in [3.63, 3.8) is 0 Å². The lowest BCUT2D eigenvalue weighted by atomic mass is 9.92. The van der Waals surface area contributed by atoms with Crippen molar-refractivity contribution < 1.29 is 14.4 Å². The van der Waals surface area contributed by atoms with Crippen LogP contribution in [0.5, 0.6) is 0 Å². The van der Waals surface area contributed by atoms with Crippen molar-refractivity contribution in [1.82, 2.24) is 5.06 Å². The summed E-state index contributed by atoms with van der Waals surface area (Å²) < 4.78 is 5.49. The topological polar surface area (TPSA) is 38.8 Å². The highest BCUT2D eigenvalue weighted by Crippen LogP contribution is 2.35. The molecule has 0 saturated heterocycles. The van der Waals surface area contributed by atoms with E-state index in [1.807, 2.05) is 33.8 Å². The molecule has 0 N–H and O–H groups in total. The van der Waals surface area contributed by atoms with Crippen LogP contribution in [-0.2, 0) is 14.4 Å². The van der Waals surface area contributed by atoms with Crippen molar-refractivity contribution >= 4 is 5.97 Å². The van der Waals surface area contributed by atoms with Crippen molar-refractivity contribution in [3.8, 4) is 0 Å². The van der Waals surface area contributed by atoms with E-state index in [1.54, 1.807) is 0 Å². The van der Waals surface area contributed by atoms with Crippen LogP contribution in [0.25, 0.3) is 0 Å². The zero-order valence-corrected chi connectivity index (χ0v) is 18.7. The molecule has 4 heteroatoms. The molecule has 0 bridgehead atoms. The van der Waals surface area contributed by atoms with E-state index in [1.165, 1.54) is 5.56 Å². The first-order valence-corrected chi connectivity index (χ1v) is 10.1. The summed E-state index contributed by atoms with van der Waals surface area (Å²) in [5.41, 5.74) is 0.518. The van der Waals surface area contributed by atoms with Crippen molar-refractivity contribution in [3.05, 3.63) is 35.9 Å². The molecule has 2 atom stereocenters. The lowest BCUT2D eigenvalue weighted by Crippen LogP contribution is -2.48. The second kappa shape index (κ2) is 9.70. The molecule has 0 aromatic heterocycles. The van der Waals surface area contributed by atoms with Gasteiger partial charge in [0.2, 0.25) is 0 Å². The first-order valence-electron chi connectivity index (χ1n) is 10.1. The van der Waals surface area contributed by atoms with Crippen LogP contribution >= 0.6 is 0 Å². The summed E-state index contributed by atoms with van der Waals surface area (Å²) in [5, 5.41) is 2.07. The van der Waals surface area contributed by atoms with Gasteiger partial charge in [-0.15, -0.1) is 0 Å². The number of esters is 1. The highest BCUT2D eigenvalue weighted by molar-refractivity contribution is 5.70. The van der Waals surface area contributed by atoms with Gasteiger partial charge in [0.15, 0.2) is 0 Å². The van der Waals surface area contributed by atoms with Gasteiger partial charge < -0.3 is 4.74 Å². The number of benzene rings is 1. The van der Waals surface area contributed by atoms with Gasteiger partial charge in [-0.2, -0.15) is 5.06 Å². The Hall–Kier alpha value is -1.39. The molecule has 0 spiro atoms. The Morgan fingerprint density at radius 2 is 1.59 bits per heavy atom. The molecule has 0 aliphatic carbocycles. The fourth-order valence-electron chi connectivity index (χ4n) is 3.07. The van der Waals surface area contributed by atoms with Crippen LogP contribution in [0.4, 0.5) is 0 Å². The van der Waals surface area contributed by atoms with Crippen LogP contribution < -0.4 is 0 Å². The Kier molecular flexibility index (Phi) is 8.49. The largest absolute Gasteiger partial charge is 0.460 e. The van der Waals surface area contributed by atoms with Crippen LogP contribution in [0.2, 0.25) is 0 Å². The van der Waals surface area contributed by atoms with E-state index >= 15 is 0 Å². The third-order valence-electron chi connectivity index (χ3n) is 4.22. The second-order valence-electron chi connectivity index (χ2n) is 9.52. The molecular weight excluding hydrogens is 338 g/mol. The molecule has 0 fully saturated rings. The summed E-state index contributed by atoms with van der Waals surface area (Å²) in [6.07, 6.45) is 0.773. The number of rotatable bonds is 8. The summed E-state index contributed by atoms with van der Waals surface area (Å²) in [6.45, 7) is 18.5. The summed E-state index contributed by atoms with van der Waals surface area (Å²) in [5.74, 6) is 0.134. The van der Waals surface area contributed by atoms with Gasteiger partial charge in [-0.3, -0.25) is 9.63 Å². The van der Waals surface area contributed by atoms with Crippen LogP contribution in [0.3, 0.4) is 0 Å². The number of hydrogen-bond donors (Lipinski definition) is 0. The van der Waals surface area contributed by atoms with Crippen molar-refractivity contribution in [2.75, 3.05) is 0 Å². The quantitative estimate of drug-likeness (QED) is 0.416. The normalized spacial score (nSPS) is 15.1. The van der Waals surface area contributed by atoms with Gasteiger partial charge >= 0.3 is 5.97 Å². The number of nitrogens with zero attached hydrogens (tertiary/aromatic N) is 1. The third-order valence-corrected chi connectivity index (χ3v) is 4.22. The minimum atomic E-state index is -0.483. The first-order chi connectivity index (χ1) is 12.3. The van der Waals surface area contributed by atoms with E-state index in [2.05, 4.69) is 63.9 Å². The van der Waals surface area contributed by atoms with Gasteiger partial charge in [-0.05, 0) is 59.4 Å². The molecule has 0 radical (unpaired) electrons. The van der Waals surface area contributed by atoms with Gasteiger partial charge in [0.1, 0.15) is 5.60 Å². The molecule has 4 nitrogen and oxygen atoms in total. The molecule has 0 saturated carbocycles.